The summed E-state index contributed by atoms with van der Waals surface area (Å²) < 4.78 is 43.6. The molecule has 3 nitrogen and oxygen atoms in total. The standard InChI is InChI=1S/C14H18BF3NO2.K/c1-13(2,3)21-12(20)19-14(7-8-14)10-5-4-6-11(9-10)15(16,17)18;/h4-6,9H,7-8H2,1-3H3,(H,19,20);/q-1;+1. The summed E-state index contributed by atoms with van der Waals surface area (Å²) in [5, 5.41) is 2.70. The van der Waals surface area contributed by atoms with Crippen LogP contribution in [0.2, 0.25) is 0 Å². The molecule has 1 aromatic carbocycles. The summed E-state index contributed by atoms with van der Waals surface area (Å²) in [7, 11) is 0. The SMILES string of the molecule is CC(C)(C)OC(=O)NC1(c2cccc([B-](F)(F)F)c2)CC1.[K+]. The number of halogens is 3. The third kappa shape index (κ3) is 5.26. The van der Waals surface area contributed by atoms with Gasteiger partial charge in [-0.25, -0.2) is 4.79 Å². The van der Waals surface area contributed by atoms with E-state index in [9.17, 15) is 17.7 Å². The third-order valence-electron chi connectivity index (χ3n) is 3.31. The van der Waals surface area contributed by atoms with Gasteiger partial charge in [0.2, 0.25) is 0 Å². The van der Waals surface area contributed by atoms with Crippen LogP contribution in [0.15, 0.2) is 24.3 Å². The van der Waals surface area contributed by atoms with Gasteiger partial charge in [-0.05, 0) is 39.2 Å². The predicted octanol–water partition coefficient (Wildman–Crippen LogP) is 0.259. The molecule has 0 unspecified atom stereocenters. The van der Waals surface area contributed by atoms with Gasteiger partial charge in [0.1, 0.15) is 5.60 Å². The van der Waals surface area contributed by atoms with Crippen LogP contribution in [0.25, 0.3) is 0 Å². The fourth-order valence-corrected chi connectivity index (χ4v) is 2.15. The maximum absolute atomic E-state index is 12.8. The number of nitrogens with one attached hydrogen (secondary N) is 1. The van der Waals surface area contributed by atoms with Crippen LogP contribution in [0.1, 0.15) is 39.2 Å². The van der Waals surface area contributed by atoms with Crippen LogP contribution >= 0.6 is 0 Å². The Labute approximate surface area is 170 Å². The minimum atomic E-state index is -5.04. The van der Waals surface area contributed by atoms with Gasteiger partial charge in [0, 0.05) is 0 Å². The van der Waals surface area contributed by atoms with E-state index in [2.05, 4.69) is 5.32 Å². The fourth-order valence-electron chi connectivity index (χ4n) is 2.15. The van der Waals surface area contributed by atoms with E-state index >= 15 is 0 Å². The van der Waals surface area contributed by atoms with E-state index in [0.717, 1.165) is 12.1 Å². The summed E-state index contributed by atoms with van der Waals surface area (Å²) in [6.45, 7) is 0.163. The zero-order chi connectivity index (χ0) is 15.9. The molecular weight excluding hydrogens is 321 g/mol. The molecule has 1 aliphatic carbocycles. The topological polar surface area (TPSA) is 38.3 Å². The van der Waals surface area contributed by atoms with E-state index in [1.165, 1.54) is 6.07 Å². The van der Waals surface area contributed by atoms with Crippen LogP contribution in [-0.2, 0) is 10.3 Å². The Morgan fingerprint density at radius 3 is 2.32 bits per heavy atom. The molecule has 1 aromatic rings. The number of ether oxygens (including phenoxy) is 1. The molecule has 0 spiro atoms. The minimum absolute atomic E-state index is 0. The number of hydrogen-bond acceptors (Lipinski definition) is 2. The Morgan fingerprint density at radius 1 is 1.27 bits per heavy atom. The monoisotopic (exact) mass is 339 g/mol. The Balaban J connectivity index is 0.00000242. The molecule has 22 heavy (non-hydrogen) atoms. The minimum Gasteiger partial charge on any atom is -0.445 e. The van der Waals surface area contributed by atoms with Crippen molar-refractivity contribution < 1.29 is 73.9 Å². The van der Waals surface area contributed by atoms with Crippen LogP contribution < -0.4 is 62.2 Å². The molecule has 0 bridgehead atoms. The fraction of sp³-hybridized carbons (Fsp3) is 0.500. The van der Waals surface area contributed by atoms with Gasteiger partial charge in [-0.3, -0.25) is 0 Å². The molecule has 2 rings (SSSR count). The summed E-state index contributed by atoms with van der Waals surface area (Å²) in [5.41, 5.74) is -1.54. The Hall–Kier alpha value is -0.0187. The van der Waals surface area contributed by atoms with Crippen molar-refractivity contribution in [2.45, 2.75) is 44.8 Å². The van der Waals surface area contributed by atoms with Gasteiger partial charge >= 0.3 is 64.5 Å². The number of carbonyl (C=O) groups is 1. The van der Waals surface area contributed by atoms with Crippen LogP contribution in [0.4, 0.5) is 17.7 Å². The average Bonchev–Trinajstić information content (AvgIpc) is 3.06. The third-order valence-corrected chi connectivity index (χ3v) is 3.31. The molecular formula is C14H18BF3KNO2. The maximum Gasteiger partial charge on any atom is 1.00 e. The molecule has 0 aromatic heterocycles. The molecule has 1 saturated carbocycles. The summed E-state index contributed by atoms with van der Waals surface area (Å²) in [4.78, 5) is 11.8. The van der Waals surface area contributed by atoms with E-state index in [4.69, 9.17) is 4.74 Å². The number of rotatable bonds is 3. The Bertz CT molecular complexity index is 554. The molecule has 0 atom stereocenters. The number of amides is 1. The zero-order valence-electron chi connectivity index (χ0n) is 13.3. The smallest absolute Gasteiger partial charge is 0.445 e. The maximum atomic E-state index is 12.8. The number of alkyl carbamates (subject to hydrolysis) is 1. The molecule has 1 amide bonds. The second-order valence-corrected chi connectivity index (χ2v) is 6.41. The molecule has 116 valence electrons. The van der Waals surface area contributed by atoms with Crippen molar-refractivity contribution in [3.8, 4) is 0 Å². The first kappa shape index (κ1) is 20.0. The summed E-state index contributed by atoms with van der Waals surface area (Å²) in [6, 6.07) is 5.14. The molecule has 1 fully saturated rings. The first-order valence-electron chi connectivity index (χ1n) is 6.83. The number of benzene rings is 1. The van der Waals surface area contributed by atoms with Crippen LogP contribution in [0, 0.1) is 0 Å². The van der Waals surface area contributed by atoms with Crippen molar-refractivity contribution in [1.29, 1.82) is 0 Å². The van der Waals surface area contributed by atoms with Gasteiger partial charge in [-0.2, -0.15) is 0 Å². The van der Waals surface area contributed by atoms with Crippen molar-refractivity contribution in [3.05, 3.63) is 29.8 Å². The Morgan fingerprint density at radius 2 is 1.86 bits per heavy atom. The van der Waals surface area contributed by atoms with Gasteiger partial charge < -0.3 is 23.0 Å². The molecule has 0 saturated heterocycles. The first-order chi connectivity index (χ1) is 9.52. The van der Waals surface area contributed by atoms with Gasteiger partial charge in [-0.1, -0.05) is 24.3 Å². The van der Waals surface area contributed by atoms with E-state index in [-0.39, 0.29) is 51.4 Å². The van der Waals surface area contributed by atoms with Crippen molar-refractivity contribution in [2.24, 2.45) is 0 Å². The molecule has 1 N–H and O–H groups in total. The summed E-state index contributed by atoms with van der Waals surface area (Å²) >= 11 is 0. The zero-order valence-corrected chi connectivity index (χ0v) is 16.4. The van der Waals surface area contributed by atoms with Crippen LogP contribution in [-0.4, -0.2) is 18.7 Å². The molecule has 0 heterocycles. The quantitative estimate of drug-likeness (QED) is 0.803. The molecule has 8 heteroatoms. The van der Waals surface area contributed by atoms with Gasteiger partial charge in [0.15, 0.2) is 0 Å². The molecule has 0 radical (unpaired) electrons. The van der Waals surface area contributed by atoms with Crippen LogP contribution in [0.3, 0.4) is 0 Å². The number of carbonyl (C=O) groups excluding carboxylic acids is 1. The Kier molecular flexibility index (Phi) is 6.23. The largest absolute Gasteiger partial charge is 1.00 e. The van der Waals surface area contributed by atoms with Gasteiger partial charge in [-0.15, -0.1) is 5.46 Å². The van der Waals surface area contributed by atoms with E-state index in [0.29, 0.717) is 18.4 Å². The predicted molar refractivity (Wildman–Crippen MR) is 75.4 cm³/mol. The molecule has 1 aliphatic rings. The molecule has 0 aliphatic heterocycles. The van der Waals surface area contributed by atoms with Gasteiger partial charge in [0.25, 0.3) is 0 Å². The van der Waals surface area contributed by atoms with Crippen molar-refractivity contribution in [1.82, 2.24) is 5.32 Å². The average molecular weight is 339 g/mol. The number of hydrogen-bond donors (Lipinski definition) is 1. The van der Waals surface area contributed by atoms with E-state index < -0.39 is 29.7 Å². The van der Waals surface area contributed by atoms with Crippen molar-refractivity contribution >= 4 is 18.5 Å². The summed E-state index contributed by atoms with van der Waals surface area (Å²) in [6.07, 6.45) is 0.615. The van der Waals surface area contributed by atoms with Crippen molar-refractivity contribution in [2.75, 3.05) is 0 Å². The van der Waals surface area contributed by atoms with Crippen molar-refractivity contribution in [3.63, 3.8) is 0 Å². The summed E-state index contributed by atoms with van der Waals surface area (Å²) in [5.74, 6) is 0. The van der Waals surface area contributed by atoms with Gasteiger partial charge in [0.05, 0.1) is 5.54 Å². The first-order valence-corrected chi connectivity index (χ1v) is 6.83. The van der Waals surface area contributed by atoms with Crippen LogP contribution in [0.5, 0.6) is 0 Å². The van der Waals surface area contributed by atoms with E-state index in [1.54, 1.807) is 26.8 Å². The van der Waals surface area contributed by atoms with E-state index in [1.807, 2.05) is 0 Å². The second kappa shape index (κ2) is 6.85. The second-order valence-electron chi connectivity index (χ2n) is 6.41. The normalized spacial score (nSPS) is 16.5.